The van der Waals surface area contributed by atoms with Crippen LogP contribution in [0.2, 0.25) is 0 Å². The van der Waals surface area contributed by atoms with Crippen LogP contribution in [0.5, 0.6) is 0 Å². The minimum atomic E-state index is -5.04. The van der Waals surface area contributed by atoms with Gasteiger partial charge < -0.3 is 15.5 Å². The maximum absolute atomic E-state index is 12.1. The number of aliphatic hydroxyl groups is 2. The van der Waals surface area contributed by atoms with Crippen molar-refractivity contribution in [2.75, 3.05) is 6.61 Å². The Kier molecular flexibility index (Phi) is 4.69. The summed E-state index contributed by atoms with van der Waals surface area (Å²) in [6.07, 6.45) is -6.55. The van der Waals surface area contributed by atoms with E-state index in [1.165, 1.54) is 12.1 Å². The van der Waals surface area contributed by atoms with Gasteiger partial charge in [0.05, 0.1) is 12.6 Å². The molecule has 0 aliphatic heterocycles. The van der Waals surface area contributed by atoms with Crippen LogP contribution >= 0.6 is 0 Å². The largest absolute Gasteiger partial charge is 0.471 e. The Morgan fingerprint density at radius 2 is 1.83 bits per heavy atom. The van der Waals surface area contributed by atoms with Crippen LogP contribution in [0.25, 0.3) is 0 Å². The summed E-state index contributed by atoms with van der Waals surface area (Å²) in [4.78, 5) is 10.8. The molecule has 3 N–H and O–H groups in total. The normalized spacial score (nSPS) is 14.9. The van der Waals surface area contributed by atoms with E-state index in [2.05, 4.69) is 0 Å². The van der Waals surface area contributed by atoms with E-state index in [9.17, 15) is 23.1 Å². The van der Waals surface area contributed by atoms with Crippen molar-refractivity contribution in [1.82, 2.24) is 5.32 Å². The summed E-state index contributed by atoms with van der Waals surface area (Å²) in [5, 5.41) is 19.9. The molecule has 0 unspecified atom stereocenters. The highest BCUT2D eigenvalue weighted by molar-refractivity contribution is 5.82. The topological polar surface area (TPSA) is 69.6 Å². The smallest absolute Gasteiger partial charge is 0.394 e. The summed E-state index contributed by atoms with van der Waals surface area (Å²) >= 11 is 0. The van der Waals surface area contributed by atoms with Gasteiger partial charge >= 0.3 is 12.1 Å². The third-order valence-corrected chi connectivity index (χ3v) is 2.27. The van der Waals surface area contributed by atoms with E-state index in [4.69, 9.17) is 5.11 Å². The third-order valence-electron chi connectivity index (χ3n) is 2.27. The molecular formula is C11H12F3NO3. The molecule has 4 nitrogen and oxygen atoms in total. The molecule has 0 aliphatic rings. The highest BCUT2D eigenvalue weighted by Crippen LogP contribution is 2.21. The van der Waals surface area contributed by atoms with E-state index in [0.29, 0.717) is 0 Å². The number of alkyl halides is 3. The minimum absolute atomic E-state index is 0.275. The van der Waals surface area contributed by atoms with Crippen LogP contribution < -0.4 is 5.32 Å². The van der Waals surface area contributed by atoms with Crippen LogP contribution in [0.4, 0.5) is 13.2 Å². The van der Waals surface area contributed by atoms with Gasteiger partial charge in [0.15, 0.2) is 0 Å². The van der Waals surface area contributed by atoms with Gasteiger partial charge in [0.25, 0.3) is 0 Å². The molecule has 0 aromatic heterocycles. The molecule has 2 atom stereocenters. The zero-order valence-electron chi connectivity index (χ0n) is 9.19. The first-order chi connectivity index (χ1) is 8.36. The molecule has 1 rings (SSSR count). The van der Waals surface area contributed by atoms with Gasteiger partial charge in [-0.1, -0.05) is 30.3 Å². The molecule has 0 bridgehead atoms. The predicted molar refractivity (Wildman–Crippen MR) is 56.5 cm³/mol. The molecule has 0 aliphatic carbocycles. The lowest BCUT2D eigenvalue weighted by molar-refractivity contribution is -0.175. The van der Waals surface area contributed by atoms with Gasteiger partial charge in [-0.25, -0.2) is 0 Å². The van der Waals surface area contributed by atoms with Crippen molar-refractivity contribution in [2.45, 2.75) is 18.3 Å². The van der Waals surface area contributed by atoms with Gasteiger partial charge in [-0.05, 0) is 5.56 Å². The van der Waals surface area contributed by atoms with Crippen molar-refractivity contribution in [3.05, 3.63) is 35.9 Å². The summed E-state index contributed by atoms with van der Waals surface area (Å²) < 4.78 is 36.4. The summed E-state index contributed by atoms with van der Waals surface area (Å²) in [7, 11) is 0. The highest BCUT2D eigenvalue weighted by atomic mass is 19.4. The molecule has 0 spiro atoms. The second-order valence-electron chi connectivity index (χ2n) is 3.61. The number of halogens is 3. The Labute approximate surface area is 101 Å². The second kappa shape index (κ2) is 5.83. The SMILES string of the molecule is O=C(N[C@H](c1ccccc1)[C@@H](O)CO)C(F)(F)F. The number of benzene rings is 1. The first kappa shape index (κ1) is 14.5. The third kappa shape index (κ3) is 3.71. The number of carbonyl (C=O) groups excluding carboxylic acids is 1. The van der Waals surface area contributed by atoms with Crippen molar-refractivity contribution < 1.29 is 28.2 Å². The lowest BCUT2D eigenvalue weighted by Crippen LogP contribution is -2.44. The van der Waals surface area contributed by atoms with Gasteiger partial charge in [-0.3, -0.25) is 4.79 Å². The monoisotopic (exact) mass is 263 g/mol. The minimum Gasteiger partial charge on any atom is -0.394 e. The van der Waals surface area contributed by atoms with Crippen molar-refractivity contribution in [3.8, 4) is 0 Å². The standard InChI is InChI=1S/C11H12F3NO3/c12-11(13,14)10(18)15-9(8(17)6-16)7-4-2-1-3-5-7/h1-5,8-9,16-17H,6H2,(H,15,18)/t8-,9+/m0/s1. The molecular weight excluding hydrogens is 251 g/mol. The lowest BCUT2D eigenvalue weighted by atomic mass is 10.0. The van der Waals surface area contributed by atoms with Crippen LogP contribution in [0.1, 0.15) is 11.6 Å². The van der Waals surface area contributed by atoms with Crippen LogP contribution in [-0.4, -0.2) is 35.0 Å². The van der Waals surface area contributed by atoms with E-state index in [1.807, 2.05) is 0 Å². The highest BCUT2D eigenvalue weighted by Gasteiger charge is 2.40. The fraction of sp³-hybridized carbons (Fsp3) is 0.364. The molecule has 1 aromatic rings. The molecule has 18 heavy (non-hydrogen) atoms. The predicted octanol–water partition coefficient (Wildman–Crippen LogP) is 0.759. The molecule has 0 heterocycles. The quantitative estimate of drug-likeness (QED) is 0.751. The maximum atomic E-state index is 12.1. The van der Waals surface area contributed by atoms with Gasteiger partial charge in [-0.2, -0.15) is 13.2 Å². The van der Waals surface area contributed by atoms with E-state index < -0.39 is 30.8 Å². The molecule has 1 aromatic carbocycles. The fourth-order valence-corrected chi connectivity index (χ4v) is 1.39. The lowest BCUT2D eigenvalue weighted by Gasteiger charge is -2.23. The molecule has 0 radical (unpaired) electrons. The van der Waals surface area contributed by atoms with Crippen LogP contribution in [-0.2, 0) is 4.79 Å². The molecule has 0 saturated carbocycles. The van der Waals surface area contributed by atoms with Crippen LogP contribution in [0, 0.1) is 0 Å². The summed E-state index contributed by atoms with van der Waals surface area (Å²) in [6.45, 7) is -0.766. The second-order valence-corrected chi connectivity index (χ2v) is 3.61. The van der Waals surface area contributed by atoms with Crippen LogP contribution in [0.3, 0.4) is 0 Å². The number of hydrogen-bond donors (Lipinski definition) is 3. The number of carbonyl (C=O) groups is 1. The fourth-order valence-electron chi connectivity index (χ4n) is 1.39. The molecule has 0 saturated heterocycles. The van der Waals surface area contributed by atoms with Crippen LogP contribution in [0.15, 0.2) is 30.3 Å². The van der Waals surface area contributed by atoms with Gasteiger partial charge in [0, 0.05) is 0 Å². The first-order valence-corrected chi connectivity index (χ1v) is 5.08. The van der Waals surface area contributed by atoms with Gasteiger partial charge in [0.2, 0.25) is 0 Å². The summed E-state index contributed by atoms with van der Waals surface area (Å²) in [5.74, 6) is -2.16. The number of amides is 1. The van der Waals surface area contributed by atoms with E-state index in [0.717, 1.165) is 0 Å². The van der Waals surface area contributed by atoms with E-state index >= 15 is 0 Å². The molecule has 1 amide bonds. The average molecular weight is 263 g/mol. The summed E-state index contributed by atoms with van der Waals surface area (Å²) in [6, 6.07) is 6.31. The van der Waals surface area contributed by atoms with E-state index in [-0.39, 0.29) is 5.56 Å². The Morgan fingerprint density at radius 1 is 1.28 bits per heavy atom. The van der Waals surface area contributed by atoms with Crippen molar-refractivity contribution >= 4 is 5.91 Å². The van der Waals surface area contributed by atoms with Gasteiger partial charge in [-0.15, -0.1) is 0 Å². The first-order valence-electron chi connectivity index (χ1n) is 5.08. The Balaban J connectivity index is 2.91. The number of nitrogens with one attached hydrogen (secondary N) is 1. The number of rotatable bonds is 4. The van der Waals surface area contributed by atoms with Crippen molar-refractivity contribution in [2.24, 2.45) is 0 Å². The molecule has 100 valence electrons. The Bertz CT molecular complexity index is 394. The maximum Gasteiger partial charge on any atom is 0.471 e. The Hall–Kier alpha value is -1.60. The summed E-state index contributed by atoms with van der Waals surface area (Å²) in [5.41, 5.74) is 0.275. The van der Waals surface area contributed by atoms with Gasteiger partial charge in [0.1, 0.15) is 6.10 Å². The zero-order chi connectivity index (χ0) is 13.8. The Morgan fingerprint density at radius 3 is 2.28 bits per heavy atom. The number of hydrogen-bond acceptors (Lipinski definition) is 3. The number of aliphatic hydroxyl groups excluding tert-OH is 2. The average Bonchev–Trinajstić information content (AvgIpc) is 2.34. The zero-order valence-corrected chi connectivity index (χ0v) is 9.19. The van der Waals surface area contributed by atoms with E-state index in [1.54, 1.807) is 23.5 Å². The van der Waals surface area contributed by atoms with Crippen molar-refractivity contribution in [1.29, 1.82) is 0 Å². The molecule has 0 fully saturated rings. The molecule has 7 heteroatoms. The van der Waals surface area contributed by atoms with Crippen molar-refractivity contribution in [3.63, 3.8) is 0 Å².